The molecule has 0 saturated heterocycles. The highest BCUT2D eigenvalue weighted by Gasteiger charge is 2.12. The van der Waals surface area contributed by atoms with E-state index >= 15 is 0 Å². The zero-order chi connectivity index (χ0) is 20.6. The lowest BCUT2D eigenvalue weighted by atomic mass is 10.0. The molecule has 0 spiro atoms. The van der Waals surface area contributed by atoms with Crippen molar-refractivity contribution in [3.63, 3.8) is 0 Å². The van der Waals surface area contributed by atoms with Crippen molar-refractivity contribution >= 4 is 11.8 Å². The van der Waals surface area contributed by atoms with Crippen LogP contribution in [0, 0.1) is 17.1 Å². The van der Waals surface area contributed by atoms with Crippen molar-refractivity contribution in [2.75, 3.05) is 0 Å². The Kier molecular flexibility index (Phi) is 6.49. The first-order valence-corrected chi connectivity index (χ1v) is 9.09. The Labute approximate surface area is 168 Å². The number of hydrogen-bond acceptors (Lipinski definition) is 4. The summed E-state index contributed by atoms with van der Waals surface area (Å²) in [4.78, 5) is 24.2. The molecular weight excluding hydrogens is 369 g/mol. The van der Waals surface area contributed by atoms with E-state index in [0.717, 1.165) is 17.2 Å². The second-order valence-corrected chi connectivity index (χ2v) is 6.45. The number of ketones is 1. The van der Waals surface area contributed by atoms with Gasteiger partial charge in [0.25, 0.3) is 0 Å². The topological polar surface area (TPSA) is 67.2 Å². The van der Waals surface area contributed by atoms with Gasteiger partial charge >= 0.3 is 5.97 Å². The number of hydrogen-bond donors (Lipinski definition) is 0. The van der Waals surface area contributed by atoms with E-state index in [0.29, 0.717) is 5.56 Å². The van der Waals surface area contributed by atoms with Gasteiger partial charge in [-0.05, 0) is 29.3 Å². The van der Waals surface area contributed by atoms with Crippen LogP contribution in [0.25, 0.3) is 11.1 Å². The first kappa shape index (κ1) is 20.0. The molecule has 4 nitrogen and oxygen atoms in total. The fourth-order valence-electron chi connectivity index (χ4n) is 2.82. The van der Waals surface area contributed by atoms with E-state index in [-0.39, 0.29) is 36.4 Å². The number of halogens is 1. The summed E-state index contributed by atoms with van der Waals surface area (Å²) in [5, 5.41) is 8.85. The van der Waals surface area contributed by atoms with E-state index in [4.69, 9.17) is 10.00 Å². The van der Waals surface area contributed by atoms with Gasteiger partial charge in [0, 0.05) is 17.5 Å². The normalized spacial score (nSPS) is 10.2. The fraction of sp³-hybridized carbons (Fsp3) is 0.125. The molecule has 0 fully saturated rings. The summed E-state index contributed by atoms with van der Waals surface area (Å²) in [6.45, 7) is -0.278. The third kappa shape index (κ3) is 5.36. The van der Waals surface area contributed by atoms with E-state index in [1.165, 1.54) is 12.1 Å². The van der Waals surface area contributed by atoms with Crippen molar-refractivity contribution in [2.45, 2.75) is 19.4 Å². The fourth-order valence-corrected chi connectivity index (χ4v) is 2.82. The zero-order valence-corrected chi connectivity index (χ0v) is 15.6. The maximum absolute atomic E-state index is 13.7. The molecular formula is C24H18FNO3. The molecule has 3 rings (SSSR count). The monoisotopic (exact) mass is 387 g/mol. The van der Waals surface area contributed by atoms with Gasteiger partial charge in [-0.1, -0.05) is 54.6 Å². The van der Waals surface area contributed by atoms with Crippen LogP contribution in [0.4, 0.5) is 4.39 Å². The zero-order valence-electron chi connectivity index (χ0n) is 15.6. The standard InChI is InChI=1S/C24H18FNO3/c25-22-11-6-17(15-26)14-21(22)16-29-24(28)13-12-23(27)20-9-7-19(8-10-20)18-4-2-1-3-5-18/h1-11,14H,12-13,16H2. The Bertz CT molecular complexity index is 1050. The third-order valence-electron chi connectivity index (χ3n) is 4.43. The number of carbonyl (C=O) groups is 2. The maximum atomic E-state index is 13.7. The molecule has 0 heterocycles. The smallest absolute Gasteiger partial charge is 0.306 e. The Hall–Kier alpha value is -3.78. The van der Waals surface area contributed by atoms with Gasteiger partial charge in [0.15, 0.2) is 5.78 Å². The minimum atomic E-state index is -0.596. The van der Waals surface area contributed by atoms with Crippen molar-refractivity contribution in [1.29, 1.82) is 5.26 Å². The molecule has 0 aliphatic carbocycles. The van der Waals surface area contributed by atoms with Crippen molar-refractivity contribution in [3.8, 4) is 17.2 Å². The molecule has 0 aromatic heterocycles. The predicted octanol–water partition coefficient (Wildman–Crippen LogP) is 5.07. The number of ether oxygens (including phenoxy) is 1. The highest BCUT2D eigenvalue weighted by atomic mass is 19.1. The summed E-state index contributed by atoms with van der Waals surface area (Å²) in [6, 6.07) is 22.8. The Morgan fingerprint density at radius 1 is 0.897 bits per heavy atom. The second-order valence-electron chi connectivity index (χ2n) is 6.45. The average Bonchev–Trinajstić information content (AvgIpc) is 2.77. The van der Waals surface area contributed by atoms with E-state index in [2.05, 4.69) is 0 Å². The number of rotatable bonds is 7. The van der Waals surface area contributed by atoms with Crippen LogP contribution < -0.4 is 0 Å². The van der Waals surface area contributed by atoms with E-state index in [1.54, 1.807) is 12.1 Å². The van der Waals surface area contributed by atoms with Crippen molar-refractivity contribution in [2.24, 2.45) is 0 Å². The quantitative estimate of drug-likeness (QED) is 0.419. The van der Waals surface area contributed by atoms with E-state index in [1.807, 2.05) is 48.5 Å². The largest absolute Gasteiger partial charge is 0.461 e. The summed E-state index contributed by atoms with van der Waals surface area (Å²) in [6.07, 6.45) is -0.0942. The van der Waals surface area contributed by atoms with Crippen LogP contribution in [-0.4, -0.2) is 11.8 Å². The van der Waals surface area contributed by atoms with Gasteiger partial charge in [0.2, 0.25) is 0 Å². The lowest BCUT2D eigenvalue weighted by Crippen LogP contribution is -2.09. The predicted molar refractivity (Wildman–Crippen MR) is 106 cm³/mol. The van der Waals surface area contributed by atoms with Crippen LogP contribution in [0.3, 0.4) is 0 Å². The highest BCUT2D eigenvalue weighted by molar-refractivity contribution is 5.97. The van der Waals surface area contributed by atoms with Crippen LogP contribution in [0.1, 0.15) is 34.3 Å². The van der Waals surface area contributed by atoms with Gasteiger partial charge < -0.3 is 4.74 Å². The van der Waals surface area contributed by atoms with Crippen molar-refractivity contribution < 1.29 is 18.7 Å². The second kappa shape index (κ2) is 9.43. The molecule has 3 aromatic carbocycles. The Balaban J connectivity index is 1.51. The first-order valence-electron chi connectivity index (χ1n) is 9.09. The van der Waals surface area contributed by atoms with Crippen LogP contribution in [0.2, 0.25) is 0 Å². The molecule has 144 valence electrons. The van der Waals surface area contributed by atoms with Crippen molar-refractivity contribution in [1.82, 2.24) is 0 Å². The lowest BCUT2D eigenvalue weighted by molar-refractivity contribution is -0.144. The molecule has 0 aliphatic heterocycles. The Morgan fingerprint density at radius 3 is 2.28 bits per heavy atom. The molecule has 0 N–H and O–H groups in total. The highest BCUT2D eigenvalue weighted by Crippen LogP contribution is 2.20. The van der Waals surface area contributed by atoms with Crippen LogP contribution in [0.5, 0.6) is 0 Å². The van der Waals surface area contributed by atoms with E-state index < -0.39 is 11.8 Å². The molecule has 0 saturated carbocycles. The SMILES string of the molecule is N#Cc1ccc(F)c(COC(=O)CCC(=O)c2ccc(-c3ccccc3)cc2)c1. The number of carbonyl (C=O) groups excluding carboxylic acids is 2. The molecule has 0 unspecified atom stereocenters. The minimum Gasteiger partial charge on any atom is -0.461 e. The van der Waals surface area contributed by atoms with Gasteiger partial charge in [-0.15, -0.1) is 0 Å². The maximum Gasteiger partial charge on any atom is 0.306 e. The summed E-state index contributed by atoms with van der Waals surface area (Å²) in [7, 11) is 0. The Morgan fingerprint density at radius 2 is 1.59 bits per heavy atom. The lowest BCUT2D eigenvalue weighted by Gasteiger charge is -2.07. The molecule has 0 atom stereocenters. The summed E-state index contributed by atoms with van der Waals surface area (Å²) in [5.74, 6) is -1.31. The van der Waals surface area contributed by atoms with Crippen LogP contribution >= 0.6 is 0 Å². The van der Waals surface area contributed by atoms with Gasteiger partial charge in [0.1, 0.15) is 12.4 Å². The summed E-state index contributed by atoms with van der Waals surface area (Å²) in [5.41, 5.74) is 2.99. The molecule has 0 radical (unpaired) electrons. The molecule has 0 aliphatic rings. The summed E-state index contributed by atoms with van der Waals surface area (Å²) >= 11 is 0. The van der Waals surface area contributed by atoms with Crippen LogP contribution in [-0.2, 0) is 16.1 Å². The average molecular weight is 387 g/mol. The number of Topliss-reactive ketones (excluding diaryl/α,β-unsaturated/α-hetero) is 1. The van der Waals surface area contributed by atoms with Gasteiger partial charge in [-0.25, -0.2) is 4.39 Å². The number of nitrogens with zero attached hydrogens (tertiary/aromatic N) is 1. The molecule has 5 heteroatoms. The minimum absolute atomic E-state index is 0.00420. The van der Waals surface area contributed by atoms with Crippen molar-refractivity contribution in [3.05, 3.63) is 95.3 Å². The number of benzene rings is 3. The number of esters is 1. The molecule has 0 amide bonds. The molecule has 3 aromatic rings. The molecule has 29 heavy (non-hydrogen) atoms. The third-order valence-corrected chi connectivity index (χ3v) is 4.43. The first-order chi connectivity index (χ1) is 14.1. The van der Waals surface area contributed by atoms with Crippen LogP contribution in [0.15, 0.2) is 72.8 Å². The summed E-state index contributed by atoms with van der Waals surface area (Å²) < 4.78 is 18.7. The van der Waals surface area contributed by atoms with Gasteiger partial charge in [-0.2, -0.15) is 5.26 Å². The number of nitriles is 1. The molecule has 0 bridgehead atoms. The van der Waals surface area contributed by atoms with Gasteiger partial charge in [0.05, 0.1) is 18.1 Å². The van der Waals surface area contributed by atoms with E-state index in [9.17, 15) is 14.0 Å². The van der Waals surface area contributed by atoms with Gasteiger partial charge in [-0.3, -0.25) is 9.59 Å².